The topological polar surface area (TPSA) is 89.3 Å². The summed E-state index contributed by atoms with van der Waals surface area (Å²) in [5, 5.41) is 9.50. The van der Waals surface area contributed by atoms with Crippen LogP contribution in [0.15, 0.2) is 63.8 Å². The van der Waals surface area contributed by atoms with E-state index in [1.54, 1.807) is 12.1 Å². The van der Waals surface area contributed by atoms with E-state index in [4.69, 9.17) is 14.9 Å². The molecule has 4 rings (SSSR count). The van der Waals surface area contributed by atoms with Gasteiger partial charge in [0, 0.05) is 36.0 Å². The number of hydrogen-bond donors (Lipinski definition) is 1. The summed E-state index contributed by atoms with van der Waals surface area (Å²) in [6.07, 6.45) is 1.98. The number of allylic oxidation sites excluding steroid dienone is 3. The lowest BCUT2D eigenvalue weighted by Crippen LogP contribution is -2.30. The summed E-state index contributed by atoms with van der Waals surface area (Å²) in [5.74, 6) is -2.40. The van der Waals surface area contributed by atoms with Gasteiger partial charge in [0.05, 0.1) is 12.2 Å². The number of rotatable bonds is 2. The molecule has 2 atom stereocenters. The molecule has 2 heterocycles. The summed E-state index contributed by atoms with van der Waals surface area (Å²) in [7, 11) is 0. The van der Waals surface area contributed by atoms with Crippen molar-refractivity contribution in [2.45, 2.75) is 24.7 Å². The third-order valence-electron chi connectivity index (χ3n) is 4.88. The highest BCUT2D eigenvalue weighted by Crippen LogP contribution is 2.47. The van der Waals surface area contributed by atoms with Gasteiger partial charge in [-0.25, -0.2) is 8.78 Å². The van der Waals surface area contributed by atoms with Crippen molar-refractivity contribution in [2.75, 3.05) is 0 Å². The van der Waals surface area contributed by atoms with Gasteiger partial charge in [-0.05, 0) is 18.2 Å². The molecule has 1 aliphatic carbocycles. The predicted octanol–water partition coefficient (Wildman–Crippen LogP) is 3.77. The van der Waals surface area contributed by atoms with Crippen molar-refractivity contribution in [3.8, 4) is 6.07 Å². The Kier molecular flexibility index (Phi) is 4.04. The van der Waals surface area contributed by atoms with Crippen molar-refractivity contribution in [3.05, 3.63) is 82.3 Å². The maximum absolute atomic E-state index is 14.5. The second-order valence-corrected chi connectivity index (χ2v) is 6.47. The van der Waals surface area contributed by atoms with Gasteiger partial charge in [0.25, 0.3) is 0 Å². The minimum absolute atomic E-state index is 0.0106. The minimum atomic E-state index is -1.02. The third-order valence-corrected chi connectivity index (χ3v) is 4.88. The summed E-state index contributed by atoms with van der Waals surface area (Å²) in [5.41, 5.74) is 6.02. The molecule has 0 spiro atoms. The van der Waals surface area contributed by atoms with Gasteiger partial charge < -0.3 is 14.9 Å². The highest BCUT2D eigenvalue weighted by Gasteiger charge is 2.42. The highest BCUT2D eigenvalue weighted by atomic mass is 19.1. The Morgan fingerprint density at radius 3 is 2.70 bits per heavy atom. The molecule has 1 aromatic heterocycles. The standard InChI is InChI=1S/C20H14F2N2O3/c21-11-3-4-12(14(22)8-11)18-13(9-23)20(24)27-17-7-10(6-15(25)19(17)18)16-2-1-5-26-16/h1-5,8,10,18H,6-7,24H2/t10-,18-/m1/s1. The molecule has 0 saturated carbocycles. The van der Waals surface area contributed by atoms with E-state index < -0.39 is 17.6 Å². The molecule has 1 aromatic carbocycles. The van der Waals surface area contributed by atoms with Crippen LogP contribution in [0.25, 0.3) is 0 Å². The summed E-state index contributed by atoms with van der Waals surface area (Å²) in [6.45, 7) is 0. The SMILES string of the molecule is N#CC1=C(N)OC2=C(C(=O)C[C@@H](c3ccco3)C2)[C@@H]1c1ccc(F)cc1F. The Morgan fingerprint density at radius 1 is 1.22 bits per heavy atom. The molecule has 1 aliphatic heterocycles. The first-order valence-electron chi connectivity index (χ1n) is 8.31. The lowest BCUT2D eigenvalue weighted by molar-refractivity contribution is -0.117. The zero-order valence-corrected chi connectivity index (χ0v) is 14.0. The van der Waals surface area contributed by atoms with Gasteiger partial charge in [0.2, 0.25) is 5.88 Å². The van der Waals surface area contributed by atoms with E-state index in [9.17, 15) is 18.8 Å². The molecular weight excluding hydrogens is 354 g/mol. The fourth-order valence-corrected chi connectivity index (χ4v) is 3.68. The second kappa shape index (κ2) is 6.40. The van der Waals surface area contributed by atoms with E-state index in [0.29, 0.717) is 12.2 Å². The lowest BCUT2D eigenvalue weighted by Gasteiger charge is -2.33. The molecule has 0 bridgehead atoms. The Morgan fingerprint density at radius 2 is 2.04 bits per heavy atom. The number of benzene rings is 1. The molecule has 0 amide bonds. The summed E-state index contributed by atoms with van der Waals surface area (Å²) >= 11 is 0. The predicted molar refractivity (Wildman–Crippen MR) is 89.7 cm³/mol. The number of nitrogens with zero attached hydrogens (tertiary/aromatic N) is 1. The second-order valence-electron chi connectivity index (χ2n) is 6.47. The molecule has 136 valence electrons. The van der Waals surface area contributed by atoms with Gasteiger partial charge in [0.15, 0.2) is 5.78 Å². The normalized spacial score (nSPS) is 22.3. The van der Waals surface area contributed by atoms with Crippen molar-refractivity contribution in [2.24, 2.45) is 5.73 Å². The fraction of sp³-hybridized carbons (Fsp3) is 0.200. The van der Waals surface area contributed by atoms with Crippen molar-refractivity contribution < 1.29 is 22.7 Å². The molecule has 2 aliphatic rings. The molecule has 0 fully saturated rings. The largest absolute Gasteiger partial charge is 0.469 e. The summed E-state index contributed by atoms with van der Waals surface area (Å²) in [6, 6.07) is 8.42. The number of nitrogens with two attached hydrogens (primary N) is 1. The van der Waals surface area contributed by atoms with Crippen molar-refractivity contribution in [1.82, 2.24) is 0 Å². The number of furan rings is 1. The highest BCUT2D eigenvalue weighted by molar-refractivity contribution is 6.00. The first-order chi connectivity index (χ1) is 13.0. The van der Waals surface area contributed by atoms with Crippen LogP contribution in [0.4, 0.5) is 8.78 Å². The molecule has 27 heavy (non-hydrogen) atoms. The molecule has 0 radical (unpaired) electrons. The Hall–Kier alpha value is -3.40. The third kappa shape index (κ3) is 2.79. The number of nitriles is 1. The molecule has 0 saturated heterocycles. The first kappa shape index (κ1) is 17.0. The fourth-order valence-electron chi connectivity index (χ4n) is 3.68. The van der Waals surface area contributed by atoms with E-state index in [-0.39, 0.29) is 46.5 Å². The quantitative estimate of drug-likeness (QED) is 0.872. The average Bonchev–Trinajstić information content (AvgIpc) is 3.15. The number of carbonyl (C=O) groups is 1. The van der Waals surface area contributed by atoms with Crippen LogP contribution in [0, 0.1) is 23.0 Å². The molecule has 2 aromatic rings. The lowest BCUT2D eigenvalue weighted by atomic mass is 9.74. The van der Waals surface area contributed by atoms with Crippen LogP contribution in [0.1, 0.15) is 36.0 Å². The zero-order chi connectivity index (χ0) is 19.1. The number of halogens is 2. The van der Waals surface area contributed by atoms with Gasteiger partial charge in [-0.15, -0.1) is 0 Å². The van der Waals surface area contributed by atoms with Crippen LogP contribution >= 0.6 is 0 Å². The van der Waals surface area contributed by atoms with Crippen LogP contribution in [0.5, 0.6) is 0 Å². The number of ether oxygens (including phenoxy) is 1. The Bertz CT molecular complexity index is 1030. The van der Waals surface area contributed by atoms with Gasteiger partial charge in [-0.2, -0.15) is 5.26 Å². The zero-order valence-electron chi connectivity index (χ0n) is 14.0. The van der Waals surface area contributed by atoms with E-state index >= 15 is 0 Å². The van der Waals surface area contributed by atoms with Gasteiger partial charge in [0.1, 0.15) is 34.8 Å². The van der Waals surface area contributed by atoms with E-state index in [0.717, 1.165) is 12.1 Å². The molecule has 7 heteroatoms. The smallest absolute Gasteiger partial charge is 0.205 e. The number of ketones is 1. The van der Waals surface area contributed by atoms with Crippen LogP contribution in [0.3, 0.4) is 0 Å². The minimum Gasteiger partial charge on any atom is -0.469 e. The molecule has 0 unspecified atom stereocenters. The Balaban J connectivity index is 1.84. The molecule has 2 N–H and O–H groups in total. The average molecular weight is 368 g/mol. The maximum Gasteiger partial charge on any atom is 0.205 e. The van der Waals surface area contributed by atoms with E-state index in [2.05, 4.69) is 0 Å². The maximum atomic E-state index is 14.5. The monoisotopic (exact) mass is 368 g/mol. The number of hydrogen-bond acceptors (Lipinski definition) is 5. The molecule has 5 nitrogen and oxygen atoms in total. The van der Waals surface area contributed by atoms with Crippen LogP contribution in [-0.4, -0.2) is 5.78 Å². The van der Waals surface area contributed by atoms with Gasteiger partial charge in [-0.1, -0.05) is 6.07 Å². The van der Waals surface area contributed by atoms with Crippen LogP contribution in [-0.2, 0) is 9.53 Å². The summed E-state index contributed by atoms with van der Waals surface area (Å²) in [4.78, 5) is 12.9. The van der Waals surface area contributed by atoms with Crippen molar-refractivity contribution >= 4 is 5.78 Å². The van der Waals surface area contributed by atoms with E-state index in [1.165, 1.54) is 12.3 Å². The summed E-state index contributed by atoms with van der Waals surface area (Å²) < 4.78 is 38.7. The van der Waals surface area contributed by atoms with Gasteiger partial charge >= 0.3 is 0 Å². The first-order valence-corrected chi connectivity index (χ1v) is 8.31. The van der Waals surface area contributed by atoms with E-state index in [1.807, 2.05) is 6.07 Å². The molecular formula is C20H14F2N2O3. The van der Waals surface area contributed by atoms with Crippen molar-refractivity contribution in [3.63, 3.8) is 0 Å². The number of Topliss-reactive ketones (excluding diaryl/α,β-unsaturated/α-hetero) is 1. The van der Waals surface area contributed by atoms with Crippen molar-refractivity contribution in [1.29, 1.82) is 5.26 Å². The number of carbonyl (C=O) groups excluding carboxylic acids is 1. The Labute approximate surface area is 153 Å². The van der Waals surface area contributed by atoms with Crippen LogP contribution in [0.2, 0.25) is 0 Å². The van der Waals surface area contributed by atoms with Crippen LogP contribution < -0.4 is 5.73 Å². The van der Waals surface area contributed by atoms with Gasteiger partial charge in [-0.3, -0.25) is 4.79 Å².